The summed E-state index contributed by atoms with van der Waals surface area (Å²) in [6, 6.07) is 8.35. The molecule has 2 atom stereocenters. The molecule has 2 N–H and O–H groups in total. The van der Waals surface area contributed by atoms with Crippen LogP contribution in [0.2, 0.25) is 0 Å². The van der Waals surface area contributed by atoms with Gasteiger partial charge in [0, 0.05) is 31.4 Å². The van der Waals surface area contributed by atoms with Crippen LogP contribution in [-0.4, -0.2) is 50.1 Å². The molecule has 3 rings (SSSR count). The molecule has 0 saturated carbocycles. The number of carboxylic acid groups (broad SMARTS) is 1. The molecule has 1 saturated heterocycles. The van der Waals surface area contributed by atoms with Gasteiger partial charge in [-0.2, -0.15) is 5.10 Å². The summed E-state index contributed by atoms with van der Waals surface area (Å²) >= 11 is 0. The molecule has 0 unspecified atom stereocenters. The van der Waals surface area contributed by atoms with Crippen LogP contribution in [-0.2, 0) is 11.3 Å². The van der Waals surface area contributed by atoms with Crippen LogP contribution < -0.4 is 0 Å². The smallest absolute Gasteiger partial charge is 0.310 e. The van der Waals surface area contributed by atoms with E-state index in [4.69, 9.17) is 0 Å². The van der Waals surface area contributed by atoms with Crippen LogP contribution in [0.15, 0.2) is 36.7 Å². The third-order valence-corrected chi connectivity index (χ3v) is 4.84. The maximum Gasteiger partial charge on any atom is 0.310 e. The minimum atomic E-state index is -0.932. The second-order valence-electron chi connectivity index (χ2n) is 7.08. The van der Waals surface area contributed by atoms with E-state index < -0.39 is 18.0 Å². The van der Waals surface area contributed by atoms with Gasteiger partial charge in [0.25, 0.3) is 0 Å². The molecule has 0 radical (unpaired) electrons. The number of carboxylic acids is 1. The summed E-state index contributed by atoms with van der Waals surface area (Å²) in [5, 5.41) is 23.4. The first-order valence-corrected chi connectivity index (χ1v) is 8.71. The number of nitrogens with zero attached hydrogens (tertiary/aromatic N) is 3. The van der Waals surface area contributed by atoms with E-state index >= 15 is 0 Å². The summed E-state index contributed by atoms with van der Waals surface area (Å²) in [5.41, 5.74) is 3.34. The first-order chi connectivity index (χ1) is 11.9. The summed E-state index contributed by atoms with van der Waals surface area (Å²) in [6.07, 6.45) is 3.53. The number of likely N-dealkylation sites (tertiary alicyclic amines) is 1. The first-order valence-electron chi connectivity index (χ1n) is 8.71. The molecule has 6 heteroatoms. The molecule has 1 aliphatic rings. The third kappa shape index (κ3) is 4.08. The topological polar surface area (TPSA) is 78.6 Å². The number of benzene rings is 1. The number of hydrogen-bond acceptors (Lipinski definition) is 4. The second-order valence-corrected chi connectivity index (χ2v) is 7.08. The largest absolute Gasteiger partial charge is 0.481 e. The van der Waals surface area contributed by atoms with Gasteiger partial charge in [0.2, 0.25) is 0 Å². The van der Waals surface area contributed by atoms with Crippen molar-refractivity contribution in [3.63, 3.8) is 0 Å². The molecule has 1 aromatic heterocycles. The maximum atomic E-state index is 11.2. The van der Waals surface area contributed by atoms with Gasteiger partial charge < -0.3 is 10.2 Å². The van der Waals surface area contributed by atoms with E-state index in [9.17, 15) is 15.0 Å². The van der Waals surface area contributed by atoms with Crippen LogP contribution >= 0.6 is 0 Å². The summed E-state index contributed by atoms with van der Waals surface area (Å²) in [5.74, 6) is -1.15. The molecule has 1 aliphatic heterocycles. The highest BCUT2D eigenvalue weighted by atomic mass is 16.4. The predicted octanol–water partition coefficient (Wildman–Crippen LogP) is 2.26. The Balaban J connectivity index is 1.66. The van der Waals surface area contributed by atoms with Gasteiger partial charge in [-0.05, 0) is 30.0 Å². The van der Waals surface area contributed by atoms with Gasteiger partial charge in [-0.15, -0.1) is 0 Å². The molecule has 6 nitrogen and oxygen atoms in total. The molecule has 134 valence electrons. The van der Waals surface area contributed by atoms with Crippen molar-refractivity contribution in [3.8, 4) is 5.69 Å². The number of hydrogen-bond donors (Lipinski definition) is 2. The molecule has 25 heavy (non-hydrogen) atoms. The van der Waals surface area contributed by atoms with Crippen LogP contribution in [0, 0.1) is 5.92 Å². The Morgan fingerprint density at radius 2 is 2.04 bits per heavy atom. The zero-order valence-electron chi connectivity index (χ0n) is 14.7. The number of carbonyl (C=O) groups is 1. The Hall–Kier alpha value is -2.18. The van der Waals surface area contributed by atoms with Crippen molar-refractivity contribution in [2.75, 3.05) is 13.1 Å². The average molecular weight is 343 g/mol. The number of aromatic nitrogens is 2. The Morgan fingerprint density at radius 3 is 2.68 bits per heavy atom. The SMILES string of the molecule is CC(C)c1ccc(-n2cc(CN3CC[C@H](O)[C@H](C(=O)O)C3)cn2)cc1. The van der Waals surface area contributed by atoms with E-state index in [0.717, 1.165) is 11.3 Å². The van der Waals surface area contributed by atoms with E-state index in [0.29, 0.717) is 32.0 Å². The second kappa shape index (κ2) is 7.37. The summed E-state index contributed by atoms with van der Waals surface area (Å²) in [6.45, 7) is 6.03. The molecule has 0 amide bonds. The minimum Gasteiger partial charge on any atom is -0.481 e. The van der Waals surface area contributed by atoms with Crippen molar-refractivity contribution in [2.45, 2.75) is 38.8 Å². The molecule has 1 aromatic carbocycles. The maximum absolute atomic E-state index is 11.2. The Kier molecular flexibility index (Phi) is 5.20. The molecule has 0 bridgehead atoms. The molecular weight excluding hydrogens is 318 g/mol. The number of piperidine rings is 1. The van der Waals surface area contributed by atoms with E-state index in [1.165, 1.54) is 5.56 Å². The van der Waals surface area contributed by atoms with Crippen molar-refractivity contribution in [1.82, 2.24) is 14.7 Å². The van der Waals surface area contributed by atoms with Gasteiger partial charge in [-0.25, -0.2) is 4.68 Å². The predicted molar refractivity (Wildman–Crippen MR) is 94.7 cm³/mol. The molecule has 2 heterocycles. The third-order valence-electron chi connectivity index (χ3n) is 4.84. The number of rotatable bonds is 5. The lowest BCUT2D eigenvalue weighted by Gasteiger charge is -2.33. The standard InChI is InChI=1S/C19H25N3O3/c1-13(2)15-3-5-16(6-4-15)22-11-14(9-20-22)10-21-8-7-18(23)17(12-21)19(24)25/h3-6,9,11,13,17-18,23H,7-8,10,12H2,1-2H3,(H,24,25)/t17-,18+/m1/s1. The zero-order valence-corrected chi connectivity index (χ0v) is 14.7. The number of aliphatic hydroxyl groups excluding tert-OH is 1. The van der Waals surface area contributed by atoms with Gasteiger partial charge in [0.1, 0.15) is 0 Å². The summed E-state index contributed by atoms with van der Waals surface area (Å²) in [7, 11) is 0. The fraction of sp³-hybridized carbons (Fsp3) is 0.474. The van der Waals surface area contributed by atoms with Crippen molar-refractivity contribution < 1.29 is 15.0 Å². The fourth-order valence-electron chi connectivity index (χ4n) is 3.25. The van der Waals surface area contributed by atoms with Crippen LogP contribution in [0.1, 0.15) is 37.3 Å². The van der Waals surface area contributed by atoms with E-state index in [-0.39, 0.29) is 0 Å². The highest BCUT2D eigenvalue weighted by Gasteiger charge is 2.33. The highest BCUT2D eigenvalue weighted by Crippen LogP contribution is 2.20. The van der Waals surface area contributed by atoms with Gasteiger partial charge in [0.05, 0.1) is 23.9 Å². The minimum absolute atomic E-state index is 0.366. The summed E-state index contributed by atoms with van der Waals surface area (Å²) < 4.78 is 1.84. The van der Waals surface area contributed by atoms with Gasteiger partial charge in [0.15, 0.2) is 0 Å². The normalized spacial score (nSPS) is 21.6. The molecule has 0 spiro atoms. The van der Waals surface area contributed by atoms with Crippen molar-refractivity contribution in [2.24, 2.45) is 5.92 Å². The fourth-order valence-corrected chi connectivity index (χ4v) is 3.25. The van der Waals surface area contributed by atoms with Crippen LogP contribution in [0.25, 0.3) is 5.69 Å². The van der Waals surface area contributed by atoms with Crippen molar-refractivity contribution in [1.29, 1.82) is 0 Å². The lowest BCUT2D eigenvalue weighted by atomic mass is 9.95. The molecule has 0 aliphatic carbocycles. The average Bonchev–Trinajstić information content (AvgIpc) is 3.05. The van der Waals surface area contributed by atoms with Gasteiger partial charge >= 0.3 is 5.97 Å². The Morgan fingerprint density at radius 1 is 1.32 bits per heavy atom. The van der Waals surface area contributed by atoms with Gasteiger partial charge in [-0.1, -0.05) is 26.0 Å². The van der Waals surface area contributed by atoms with Crippen LogP contribution in [0.4, 0.5) is 0 Å². The van der Waals surface area contributed by atoms with Crippen molar-refractivity contribution in [3.05, 3.63) is 47.8 Å². The Labute approximate surface area is 147 Å². The Bertz CT molecular complexity index is 724. The van der Waals surface area contributed by atoms with E-state index in [1.54, 1.807) is 0 Å². The molecule has 1 fully saturated rings. The van der Waals surface area contributed by atoms with Crippen molar-refractivity contribution >= 4 is 5.97 Å². The summed E-state index contributed by atoms with van der Waals surface area (Å²) in [4.78, 5) is 13.3. The molecular formula is C19H25N3O3. The zero-order chi connectivity index (χ0) is 18.0. The van der Waals surface area contributed by atoms with E-state index in [2.05, 4.69) is 48.1 Å². The van der Waals surface area contributed by atoms with Gasteiger partial charge in [-0.3, -0.25) is 9.69 Å². The lowest BCUT2D eigenvalue weighted by Crippen LogP contribution is -2.46. The lowest BCUT2D eigenvalue weighted by molar-refractivity contribution is -0.149. The number of aliphatic carboxylic acids is 1. The quantitative estimate of drug-likeness (QED) is 0.871. The highest BCUT2D eigenvalue weighted by molar-refractivity contribution is 5.71. The first kappa shape index (κ1) is 17.6. The van der Waals surface area contributed by atoms with E-state index in [1.807, 2.05) is 17.1 Å². The van der Waals surface area contributed by atoms with Crippen LogP contribution in [0.3, 0.4) is 0 Å². The number of aliphatic hydroxyl groups is 1. The van der Waals surface area contributed by atoms with Crippen LogP contribution in [0.5, 0.6) is 0 Å². The monoisotopic (exact) mass is 343 g/mol. The molecule has 2 aromatic rings.